The largest absolute Gasteiger partial charge is 0.443 e. The molecule has 25 heavy (non-hydrogen) atoms. The highest BCUT2D eigenvalue weighted by Gasteiger charge is 2.35. The number of carbonyl (C=O) groups excluding carboxylic acids is 2. The van der Waals surface area contributed by atoms with Crippen LogP contribution in [0.25, 0.3) is 0 Å². The normalized spacial score (nSPS) is 20.4. The van der Waals surface area contributed by atoms with E-state index >= 15 is 0 Å². The quantitative estimate of drug-likeness (QED) is 0.273. The molecule has 1 aliphatic heterocycles. The minimum Gasteiger partial charge on any atom is -0.443 e. The van der Waals surface area contributed by atoms with Gasteiger partial charge >= 0.3 is 6.09 Å². The van der Waals surface area contributed by atoms with Gasteiger partial charge in [0.15, 0.2) is 0 Å². The molecule has 1 aliphatic rings. The van der Waals surface area contributed by atoms with Crippen LogP contribution in [0, 0.1) is 10.1 Å². The van der Waals surface area contributed by atoms with E-state index in [2.05, 4.69) is 17.6 Å². The predicted molar refractivity (Wildman–Crippen MR) is 93.5 cm³/mol. The van der Waals surface area contributed by atoms with Crippen LogP contribution in [0.5, 0.6) is 0 Å². The first-order valence-electron chi connectivity index (χ1n) is 7.47. The molecule has 0 spiro atoms. The summed E-state index contributed by atoms with van der Waals surface area (Å²) in [5.41, 5.74) is 5.90. The van der Waals surface area contributed by atoms with Crippen molar-refractivity contribution in [1.82, 2.24) is 4.90 Å². The molecule has 1 aromatic carbocycles. The fraction of sp³-hybridized carbons (Fsp3) is 0.400. The topological polar surface area (TPSA) is 128 Å². The van der Waals surface area contributed by atoms with Gasteiger partial charge in [0, 0.05) is 23.9 Å². The summed E-state index contributed by atoms with van der Waals surface area (Å²) in [5, 5.41) is 10.6. The molecule has 1 fully saturated rings. The van der Waals surface area contributed by atoms with E-state index in [4.69, 9.17) is 10.5 Å². The van der Waals surface area contributed by atoms with Gasteiger partial charge in [-0.05, 0) is 31.0 Å². The number of hydrogen-bond donors (Lipinski definition) is 2. The molecule has 9 nitrogen and oxygen atoms in total. The summed E-state index contributed by atoms with van der Waals surface area (Å²) in [6, 6.07) is 5.10. The number of hydrogen-bond acceptors (Lipinski definition) is 6. The van der Waals surface area contributed by atoms with Gasteiger partial charge in [-0.3, -0.25) is 14.9 Å². The Morgan fingerprint density at radius 2 is 2.08 bits per heavy atom. The smallest absolute Gasteiger partial charge is 0.435 e. The lowest BCUT2D eigenvalue weighted by molar-refractivity contribution is -0.384. The number of primary amides is 1. The molecular weight excluding hydrogens is 348 g/mol. The van der Waals surface area contributed by atoms with Crippen LogP contribution in [0.15, 0.2) is 29.3 Å². The zero-order valence-corrected chi connectivity index (χ0v) is 14.4. The van der Waals surface area contributed by atoms with Gasteiger partial charge in [0.1, 0.15) is 18.5 Å². The molecule has 1 heterocycles. The number of rotatable bonds is 4. The van der Waals surface area contributed by atoms with E-state index < -0.39 is 23.0 Å². The maximum Gasteiger partial charge on any atom is 0.435 e. The first-order valence-corrected chi connectivity index (χ1v) is 7.99. The maximum atomic E-state index is 11.8. The lowest BCUT2D eigenvalue weighted by Crippen LogP contribution is -2.43. The van der Waals surface area contributed by atoms with Gasteiger partial charge in [-0.1, -0.05) is 0 Å². The molecule has 0 unspecified atom stereocenters. The molecule has 0 bridgehead atoms. The average Bonchev–Trinajstić information content (AvgIpc) is 2.95. The Balaban J connectivity index is 1.95. The summed E-state index contributed by atoms with van der Waals surface area (Å²) in [7, 11) is 0. The van der Waals surface area contributed by atoms with E-state index in [0.29, 0.717) is 24.4 Å². The molecule has 1 aromatic rings. The van der Waals surface area contributed by atoms with Crippen molar-refractivity contribution in [2.45, 2.75) is 31.2 Å². The predicted octanol–water partition coefficient (Wildman–Crippen LogP) is 1.51. The summed E-state index contributed by atoms with van der Waals surface area (Å²) in [6.45, 7) is 1.98. The van der Waals surface area contributed by atoms with Crippen LogP contribution in [0.4, 0.5) is 10.5 Å². The summed E-state index contributed by atoms with van der Waals surface area (Å²) >= 11 is 4.33. The van der Waals surface area contributed by atoms with Crippen molar-refractivity contribution < 1.29 is 19.2 Å². The second kappa shape index (κ2) is 7.97. The second-order valence-electron chi connectivity index (χ2n) is 5.60. The maximum absolute atomic E-state index is 11.8. The Kier molecular flexibility index (Phi) is 5.97. The van der Waals surface area contributed by atoms with E-state index in [1.165, 1.54) is 24.3 Å². The molecule has 0 saturated carbocycles. The highest BCUT2D eigenvalue weighted by Crippen LogP contribution is 2.22. The number of carbonyl (C=O) groups is 2. The van der Waals surface area contributed by atoms with Gasteiger partial charge < -0.3 is 15.4 Å². The van der Waals surface area contributed by atoms with Crippen molar-refractivity contribution >= 4 is 36.2 Å². The zero-order chi connectivity index (χ0) is 18.6. The number of benzene rings is 1. The highest BCUT2D eigenvalue weighted by molar-refractivity contribution is 7.81. The minimum atomic E-state index is -0.818. The van der Waals surface area contributed by atoms with Crippen LogP contribution in [0.3, 0.4) is 0 Å². The summed E-state index contributed by atoms with van der Waals surface area (Å²) in [6.07, 6.45) is -0.329. The number of ether oxygens (including phenoxy) is 1. The van der Waals surface area contributed by atoms with Crippen LogP contribution >= 0.6 is 12.6 Å². The molecule has 0 aromatic heterocycles. The monoisotopic (exact) mass is 366 g/mol. The second-order valence-corrected chi connectivity index (χ2v) is 6.33. The molecule has 1 saturated heterocycles. The third-order valence-corrected chi connectivity index (χ3v) is 4.16. The van der Waals surface area contributed by atoms with Crippen LogP contribution in [-0.2, 0) is 16.1 Å². The van der Waals surface area contributed by atoms with Crippen molar-refractivity contribution in [2.75, 3.05) is 6.54 Å². The summed E-state index contributed by atoms with van der Waals surface area (Å²) in [5.74, 6) is -0.167. The van der Waals surface area contributed by atoms with Gasteiger partial charge in [0.25, 0.3) is 5.69 Å². The van der Waals surface area contributed by atoms with E-state index in [1.54, 1.807) is 11.8 Å². The number of thiol groups is 1. The molecule has 2 rings (SSSR count). The Morgan fingerprint density at radius 1 is 1.44 bits per heavy atom. The molecular formula is C15H18N4O5S. The van der Waals surface area contributed by atoms with Gasteiger partial charge in [0.2, 0.25) is 5.91 Å². The minimum absolute atomic E-state index is 0.0289. The number of amides is 2. The first-order chi connectivity index (χ1) is 11.8. The molecule has 2 N–H and O–H groups in total. The summed E-state index contributed by atoms with van der Waals surface area (Å²) in [4.78, 5) is 38.8. The van der Waals surface area contributed by atoms with Crippen LogP contribution in [0.2, 0.25) is 0 Å². The fourth-order valence-corrected chi connectivity index (χ4v) is 2.90. The Morgan fingerprint density at radius 3 is 2.64 bits per heavy atom. The Bertz CT molecular complexity index is 706. The van der Waals surface area contributed by atoms with E-state index in [1.807, 2.05) is 0 Å². The number of aliphatic imine (C=N–C) groups is 1. The van der Waals surface area contributed by atoms with Gasteiger partial charge in [-0.15, -0.1) is 0 Å². The number of likely N-dealkylation sites (tertiary alicyclic amines) is 1. The molecule has 10 heteroatoms. The van der Waals surface area contributed by atoms with Crippen molar-refractivity contribution in [1.29, 1.82) is 0 Å². The molecule has 2 atom stereocenters. The number of nitrogens with zero attached hydrogens (tertiary/aromatic N) is 3. The molecule has 2 amide bonds. The third kappa shape index (κ3) is 4.92. The average molecular weight is 366 g/mol. The van der Waals surface area contributed by atoms with Crippen LogP contribution < -0.4 is 5.73 Å². The van der Waals surface area contributed by atoms with Crippen molar-refractivity contribution in [3.8, 4) is 0 Å². The summed E-state index contributed by atoms with van der Waals surface area (Å²) < 4.78 is 5.02. The van der Waals surface area contributed by atoms with Crippen molar-refractivity contribution in [3.05, 3.63) is 39.9 Å². The Hall–Kier alpha value is -2.62. The van der Waals surface area contributed by atoms with Gasteiger partial charge in [-0.2, -0.15) is 17.6 Å². The number of non-ortho nitro benzene ring substituents is 1. The van der Waals surface area contributed by atoms with E-state index in [0.717, 1.165) is 0 Å². The SMILES string of the molecule is CC(=NC(=O)OCc1ccc([N+](=O)[O-])cc1)N1C[C@@H](S)C[C@H]1C(N)=O. The number of nitro groups is 1. The number of nitro benzene ring substituents is 1. The fourth-order valence-electron chi connectivity index (χ4n) is 2.53. The van der Waals surface area contributed by atoms with Crippen LogP contribution in [0.1, 0.15) is 18.9 Å². The zero-order valence-electron chi connectivity index (χ0n) is 13.5. The highest BCUT2D eigenvalue weighted by atomic mass is 32.1. The standard InChI is InChI=1S/C15H18N4O5S/c1-9(18-7-12(25)6-13(18)14(16)20)17-15(21)24-8-10-2-4-11(5-3-10)19(22)23/h2-5,12-13,25H,6-8H2,1H3,(H2,16,20)/t12-,13-/m0/s1. The third-order valence-electron chi connectivity index (χ3n) is 3.79. The Labute approximate surface area is 149 Å². The van der Waals surface area contributed by atoms with Gasteiger partial charge in [-0.25, -0.2) is 4.79 Å². The molecule has 0 radical (unpaired) electrons. The lowest BCUT2D eigenvalue weighted by atomic mass is 10.2. The van der Waals surface area contributed by atoms with Crippen molar-refractivity contribution in [2.24, 2.45) is 10.7 Å². The van der Waals surface area contributed by atoms with Crippen molar-refractivity contribution in [3.63, 3.8) is 0 Å². The lowest BCUT2D eigenvalue weighted by Gasteiger charge is -2.23. The molecule has 0 aliphatic carbocycles. The first kappa shape index (κ1) is 18.7. The molecule has 134 valence electrons. The number of nitrogens with two attached hydrogens (primary N) is 1. The van der Waals surface area contributed by atoms with E-state index in [9.17, 15) is 19.7 Å². The van der Waals surface area contributed by atoms with Gasteiger partial charge in [0.05, 0.1) is 4.92 Å². The number of amidine groups is 1. The van der Waals surface area contributed by atoms with Crippen LogP contribution in [-0.4, -0.2) is 45.5 Å². The van der Waals surface area contributed by atoms with E-state index in [-0.39, 0.29) is 17.5 Å².